The van der Waals surface area contributed by atoms with Gasteiger partial charge in [0.05, 0.1) is 35.8 Å². The number of carbonyl (C=O) groups excluding carboxylic acids is 1. The van der Waals surface area contributed by atoms with Gasteiger partial charge >= 0.3 is 5.43 Å². The van der Waals surface area contributed by atoms with Crippen molar-refractivity contribution >= 4 is 22.7 Å². The summed E-state index contributed by atoms with van der Waals surface area (Å²) in [6, 6.07) is 4.33. The smallest absolute Gasteiger partial charge is 0.409 e. The summed E-state index contributed by atoms with van der Waals surface area (Å²) in [7, 11) is 0. The number of nitrogens with one attached hydrogen (secondary N) is 1. The topological polar surface area (TPSA) is 93.9 Å². The van der Waals surface area contributed by atoms with Gasteiger partial charge in [0.25, 0.3) is 5.69 Å². The van der Waals surface area contributed by atoms with E-state index in [1.165, 1.54) is 18.2 Å². The second kappa shape index (κ2) is 6.79. The van der Waals surface area contributed by atoms with Crippen molar-refractivity contribution in [2.24, 2.45) is 0 Å². The lowest BCUT2D eigenvalue weighted by Gasteiger charge is -2.42. The van der Waals surface area contributed by atoms with Crippen LogP contribution in [0.4, 0.5) is 10.5 Å². The van der Waals surface area contributed by atoms with Crippen molar-refractivity contribution in [3.63, 3.8) is 0 Å². The number of carbonyl (C=O) groups is 1. The molecule has 3 rings (SSSR count). The van der Waals surface area contributed by atoms with E-state index < -0.39 is 10.4 Å². The van der Waals surface area contributed by atoms with Crippen molar-refractivity contribution in [3.8, 4) is 5.75 Å². The van der Waals surface area contributed by atoms with Gasteiger partial charge in [0.2, 0.25) is 0 Å². The van der Waals surface area contributed by atoms with Crippen molar-refractivity contribution in [2.75, 3.05) is 32.8 Å². The average Bonchev–Trinajstić information content (AvgIpc) is 2.45. The van der Waals surface area contributed by atoms with Gasteiger partial charge in [0.1, 0.15) is 5.75 Å². The van der Waals surface area contributed by atoms with E-state index in [4.69, 9.17) is 21.1 Å². The Morgan fingerprint density at radius 3 is 2.87 bits per heavy atom. The molecule has 8 nitrogen and oxygen atoms in total. The zero-order chi connectivity index (χ0) is 16.4. The third-order valence-electron chi connectivity index (χ3n) is 4.11. The number of nitro benzene ring substituents is 1. The molecule has 23 heavy (non-hydrogen) atoms. The maximum absolute atomic E-state index is 11.3. The third kappa shape index (κ3) is 3.61. The number of hydrogen-bond acceptors (Lipinski definition) is 7. The quantitative estimate of drug-likeness (QED) is 0.505. The van der Waals surface area contributed by atoms with Crippen LogP contribution in [0.15, 0.2) is 18.2 Å². The average molecular weight is 342 g/mol. The maximum Gasteiger partial charge on any atom is 0.409 e. The van der Waals surface area contributed by atoms with Crippen LogP contribution in [0.5, 0.6) is 5.75 Å². The number of halogens is 1. The SMILES string of the molecule is O=C(Cl)Oc1ccc([N+](=O)[O-])c(C2CN(C3COC3)CCN2)c1. The molecule has 2 fully saturated rings. The van der Waals surface area contributed by atoms with E-state index in [0.717, 1.165) is 13.1 Å². The van der Waals surface area contributed by atoms with Crippen LogP contribution >= 0.6 is 11.6 Å². The number of hydrogen-bond donors (Lipinski definition) is 1. The van der Waals surface area contributed by atoms with Crippen molar-refractivity contribution in [3.05, 3.63) is 33.9 Å². The van der Waals surface area contributed by atoms with E-state index in [2.05, 4.69) is 10.2 Å². The van der Waals surface area contributed by atoms with Gasteiger partial charge < -0.3 is 14.8 Å². The fourth-order valence-electron chi connectivity index (χ4n) is 2.88. The fraction of sp³-hybridized carbons (Fsp3) is 0.500. The zero-order valence-electron chi connectivity index (χ0n) is 12.2. The summed E-state index contributed by atoms with van der Waals surface area (Å²) < 4.78 is 10.0. The Hall–Kier alpha value is -1.74. The highest BCUT2D eigenvalue weighted by Gasteiger charge is 2.33. The van der Waals surface area contributed by atoms with Crippen LogP contribution < -0.4 is 10.1 Å². The number of nitro groups is 1. The molecular weight excluding hydrogens is 326 g/mol. The molecule has 0 amide bonds. The highest BCUT2D eigenvalue weighted by atomic mass is 35.5. The van der Waals surface area contributed by atoms with E-state index in [0.29, 0.717) is 31.4 Å². The number of rotatable bonds is 4. The van der Waals surface area contributed by atoms with Crippen molar-refractivity contribution in [1.29, 1.82) is 0 Å². The molecule has 0 spiro atoms. The molecule has 9 heteroatoms. The van der Waals surface area contributed by atoms with Crippen molar-refractivity contribution in [2.45, 2.75) is 12.1 Å². The van der Waals surface area contributed by atoms with E-state index in [1.807, 2.05) is 0 Å². The number of nitrogens with zero attached hydrogens (tertiary/aromatic N) is 2. The monoisotopic (exact) mass is 341 g/mol. The normalized spacial score (nSPS) is 22.4. The summed E-state index contributed by atoms with van der Waals surface area (Å²) in [4.78, 5) is 24.0. The van der Waals surface area contributed by atoms with Crippen molar-refractivity contribution < 1.29 is 19.2 Å². The molecule has 1 aromatic rings. The molecule has 0 aliphatic carbocycles. The first kappa shape index (κ1) is 16.1. The molecule has 1 aromatic carbocycles. The van der Waals surface area contributed by atoms with E-state index >= 15 is 0 Å². The lowest BCUT2D eigenvalue weighted by molar-refractivity contribution is -0.385. The van der Waals surface area contributed by atoms with E-state index in [9.17, 15) is 14.9 Å². The number of ether oxygens (including phenoxy) is 2. The van der Waals surface area contributed by atoms with Gasteiger partial charge in [-0.3, -0.25) is 15.0 Å². The molecule has 2 aliphatic heterocycles. The number of benzene rings is 1. The minimum absolute atomic E-state index is 0.0106. The standard InChI is InChI=1S/C14H16ClN3O5/c15-14(19)23-10-1-2-13(18(20)21)11(5-10)12-6-17(4-3-16-12)9-7-22-8-9/h1-2,5,9,12,16H,3-4,6-8H2. The largest absolute Gasteiger partial charge is 0.414 e. The van der Waals surface area contributed by atoms with Gasteiger partial charge in [0.15, 0.2) is 0 Å². The first-order valence-electron chi connectivity index (χ1n) is 7.25. The molecule has 0 bridgehead atoms. The molecule has 0 saturated carbocycles. The van der Waals surface area contributed by atoms with Crippen LogP contribution in [-0.2, 0) is 4.74 Å². The molecule has 2 aliphatic rings. The van der Waals surface area contributed by atoms with Crippen LogP contribution in [0, 0.1) is 10.1 Å². The third-order valence-corrected chi connectivity index (χ3v) is 4.19. The van der Waals surface area contributed by atoms with Gasteiger partial charge in [-0.25, -0.2) is 4.79 Å². The van der Waals surface area contributed by atoms with Gasteiger partial charge in [0, 0.05) is 37.3 Å². The molecule has 2 heterocycles. The Bertz CT molecular complexity index is 622. The Morgan fingerprint density at radius 1 is 1.48 bits per heavy atom. The van der Waals surface area contributed by atoms with Crippen LogP contribution in [0.1, 0.15) is 11.6 Å². The van der Waals surface area contributed by atoms with E-state index in [1.54, 1.807) is 0 Å². The summed E-state index contributed by atoms with van der Waals surface area (Å²) in [5.74, 6) is 0.191. The molecule has 1 unspecified atom stereocenters. The molecule has 124 valence electrons. The van der Waals surface area contributed by atoms with Crippen LogP contribution in [0.25, 0.3) is 0 Å². The maximum atomic E-state index is 11.3. The molecule has 1 N–H and O–H groups in total. The first-order chi connectivity index (χ1) is 11.0. The Kier molecular flexibility index (Phi) is 4.76. The minimum Gasteiger partial charge on any atom is -0.414 e. The summed E-state index contributed by atoms with van der Waals surface area (Å²) in [5, 5.41) is 14.6. The zero-order valence-corrected chi connectivity index (χ0v) is 13.0. The molecule has 0 aromatic heterocycles. The molecular formula is C14H16ClN3O5. The summed E-state index contributed by atoms with van der Waals surface area (Å²) in [6.45, 7) is 3.61. The summed E-state index contributed by atoms with van der Waals surface area (Å²) in [6.07, 6.45) is 0. The second-order valence-electron chi connectivity index (χ2n) is 5.51. The molecule has 0 radical (unpaired) electrons. The second-order valence-corrected chi connectivity index (χ2v) is 5.82. The van der Waals surface area contributed by atoms with Crippen LogP contribution in [0.3, 0.4) is 0 Å². The fourth-order valence-corrected chi connectivity index (χ4v) is 2.97. The Morgan fingerprint density at radius 2 is 2.26 bits per heavy atom. The van der Waals surface area contributed by atoms with Gasteiger partial charge in [-0.2, -0.15) is 0 Å². The van der Waals surface area contributed by atoms with Crippen molar-refractivity contribution in [1.82, 2.24) is 10.2 Å². The summed E-state index contributed by atoms with van der Waals surface area (Å²) >= 11 is 5.21. The Balaban J connectivity index is 1.85. The van der Waals surface area contributed by atoms with Crippen LogP contribution in [0.2, 0.25) is 0 Å². The minimum atomic E-state index is -0.977. The Labute approximate surface area is 137 Å². The lowest BCUT2D eigenvalue weighted by Crippen LogP contribution is -2.56. The first-order valence-corrected chi connectivity index (χ1v) is 7.63. The predicted molar refractivity (Wildman–Crippen MR) is 81.9 cm³/mol. The van der Waals surface area contributed by atoms with Crippen LogP contribution in [-0.4, -0.2) is 54.1 Å². The van der Waals surface area contributed by atoms with Gasteiger partial charge in [-0.15, -0.1) is 0 Å². The number of piperazine rings is 1. The highest BCUT2D eigenvalue weighted by molar-refractivity contribution is 6.61. The molecule has 1 atom stereocenters. The predicted octanol–water partition coefficient (Wildman–Crippen LogP) is 1.68. The van der Waals surface area contributed by atoms with Gasteiger partial charge in [-0.05, 0) is 12.1 Å². The van der Waals surface area contributed by atoms with E-state index in [-0.39, 0.29) is 17.5 Å². The molecule has 2 saturated heterocycles. The van der Waals surface area contributed by atoms with Gasteiger partial charge in [-0.1, -0.05) is 0 Å². The summed E-state index contributed by atoms with van der Waals surface area (Å²) in [5.41, 5.74) is -0.506. The lowest BCUT2D eigenvalue weighted by atomic mass is 10.0. The highest BCUT2D eigenvalue weighted by Crippen LogP contribution is 2.32.